The van der Waals surface area contributed by atoms with E-state index in [2.05, 4.69) is 0 Å². The maximum Gasteiger partial charge on any atom is 0.273 e. The van der Waals surface area contributed by atoms with Crippen LogP contribution < -0.4 is 4.74 Å². The van der Waals surface area contributed by atoms with Crippen molar-refractivity contribution in [3.05, 3.63) is 68.2 Å². The first-order valence-electron chi connectivity index (χ1n) is 7.53. The lowest BCUT2D eigenvalue weighted by atomic mass is 10.2. The maximum absolute atomic E-state index is 10.7. The molecule has 0 aliphatic heterocycles. The van der Waals surface area contributed by atoms with Crippen molar-refractivity contribution >= 4 is 28.9 Å². The first-order valence-corrected chi connectivity index (χ1v) is 8.29. The van der Waals surface area contributed by atoms with E-state index >= 15 is 0 Å². The minimum Gasteiger partial charge on any atom is -0.491 e. The van der Waals surface area contributed by atoms with Crippen LogP contribution >= 0.6 is 23.2 Å². The Kier molecular flexibility index (Phi) is 7.01. The molecule has 2 aromatic rings. The van der Waals surface area contributed by atoms with E-state index < -0.39 is 11.0 Å². The third kappa shape index (κ3) is 5.86. The van der Waals surface area contributed by atoms with Gasteiger partial charge < -0.3 is 9.84 Å². The van der Waals surface area contributed by atoms with Crippen LogP contribution in [-0.4, -0.2) is 41.2 Å². The summed E-state index contributed by atoms with van der Waals surface area (Å²) in [5.41, 5.74) is 0.808. The highest BCUT2D eigenvalue weighted by Crippen LogP contribution is 2.26. The molecule has 0 heterocycles. The van der Waals surface area contributed by atoms with Crippen molar-refractivity contribution in [2.75, 3.05) is 20.2 Å². The van der Waals surface area contributed by atoms with E-state index in [0.717, 1.165) is 5.56 Å². The average Bonchev–Trinajstić information content (AvgIpc) is 2.57. The van der Waals surface area contributed by atoms with E-state index in [0.29, 0.717) is 28.9 Å². The molecule has 0 unspecified atom stereocenters. The van der Waals surface area contributed by atoms with Crippen LogP contribution in [0.4, 0.5) is 5.69 Å². The van der Waals surface area contributed by atoms with Gasteiger partial charge in [-0.1, -0.05) is 41.4 Å². The summed E-state index contributed by atoms with van der Waals surface area (Å²) in [4.78, 5) is 12.1. The molecule has 0 aromatic heterocycles. The fourth-order valence-corrected chi connectivity index (χ4v) is 2.70. The predicted octanol–water partition coefficient (Wildman–Crippen LogP) is 3.77. The highest BCUT2D eigenvalue weighted by Gasteiger charge is 2.13. The molecule has 6 nitrogen and oxygen atoms in total. The molecule has 0 spiro atoms. The van der Waals surface area contributed by atoms with E-state index in [-0.39, 0.29) is 12.3 Å². The van der Waals surface area contributed by atoms with Crippen molar-refractivity contribution in [3.63, 3.8) is 0 Å². The zero-order valence-corrected chi connectivity index (χ0v) is 15.1. The molecule has 8 heteroatoms. The molecule has 0 aliphatic rings. The summed E-state index contributed by atoms with van der Waals surface area (Å²) in [5, 5.41) is 21.8. The molecule has 1 atom stereocenters. The summed E-state index contributed by atoms with van der Waals surface area (Å²) in [6.07, 6.45) is -0.762. The Bertz CT molecular complexity index is 742. The van der Waals surface area contributed by atoms with Crippen molar-refractivity contribution in [2.45, 2.75) is 12.6 Å². The molecule has 0 aliphatic carbocycles. The molecule has 1 N–H and O–H groups in total. The molecule has 0 saturated heterocycles. The van der Waals surface area contributed by atoms with Crippen molar-refractivity contribution in [1.82, 2.24) is 4.90 Å². The quantitative estimate of drug-likeness (QED) is 0.553. The van der Waals surface area contributed by atoms with E-state index in [9.17, 15) is 15.2 Å². The minimum absolute atomic E-state index is 0.0226. The summed E-state index contributed by atoms with van der Waals surface area (Å²) in [7, 11) is 1.84. The number of aliphatic hydroxyl groups excluding tert-OH is 1. The molecule has 0 bridgehead atoms. The Hall–Kier alpha value is -1.86. The SMILES string of the molecule is CN(Cc1cccc(Cl)c1Cl)C[C@@H](O)COc1cccc([N+](=O)[O-])c1. The summed E-state index contributed by atoms with van der Waals surface area (Å²) in [6, 6.07) is 11.3. The van der Waals surface area contributed by atoms with Gasteiger partial charge in [0.05, 0.1) is 21.0 Å². The van der Waals surface area contributed by atoms with Gasteiger partial charge in [0, 0.05) is 19.2 Å². The third-order valence-electron chi connectivity index (χ3n) is 3.47. The largest absolute Gasteiger partial charge is 0.491 e. The number of rotatable bonds is 8. The first kappa shape index (κ1) is 19.5. The Morgan fingerprint density at radius 3 is 2.72 bits per heavy atom. The number of benzene rings is 2. The first-order chi connectivity index (χ1) is 11.9. The summed E-state index contributed by atoms with van der Waals surface area (Å²) < 4.78 is 5.42. The van der Waals surface area contributed by atoms with Gasteiger partial charge in [0.15, 0.2) is 0 Å². The normalized spacial score (nSPS) is 12.2. The third-order valence-corrected chi connectivity index (χ3v) is 4.32. The van der Waals surface area contributed by atoms with Gasteiger partial charge >= 0.3 is 0 Å². The number of likely N-dealkylation sites (N-methyl/N-ethyl adjacent to an activating group) is 1. The van der Waals surface area contributed by atoms with Crippen molar-refractivity contribution < 1.29 is 14.8 Å². The van der Waals surface area contributed by atoms with Crippen LogP contribution in [0, 0.1) is 10.1 Å². The number of aliphatic hydroxyl groups is 1. The Labute approximate surface area is 155 Å². The molecule has 25 heavy (non-hydrogen) atoms. The predicted molar refractivity (Wildman–Crippen MR) is 97.4 cm³/mol. The van der Waals surface area contributed by atoms with Gasteiger partial charge in [-0.05, 0) is 24.7 Å². The molecule has 0 amide bonds. The minimum atomic E-state index is -0.762. The zero-order valence-electron chi connectivity index (χ0n) is 13.6. The zero-order chi connectivity index (χ0) is 18.4. The monoisotopic (exact) mass is 384 g/mol. The van der Waals surface area contributed by atoms with E-state index in [1.165, 1.54) is 18.2 Å². The van der Waals surface area contributed by atoms with Gasteiger partial charge in [0.1, 0.15) is 18.5 Å². The Morgan fingerprint density at radius 2 is 2.00 bits per heavy atom. The highest BCUT2D eigenvalue weighted by molar-refractivity contribution is 6.42. The number of nitro benzene ring substituents is 1. The van der Waals surface area contributed by atoms with Crippen LogP contribution in [0.3, 0.4) is 0 Å². The fourth-order valence-electron chi connectivity index (χ4n) is 2.32. The second kappa shape index (κ2) is 9.01. The molecular formula is C17H18Cl2N2O4. The van der Waals surface area contributed by atoms with Gasteiger partial charge in [-0.15, -0.1) is 0 Å². The topological polar surface area (TPSA) is 75.8 Å². The van der Waals surface area contributed by atoms with Crippen molar-refractivity contribution in [1.29, 1.82) is 0 Å². The standard InChI is InChI=1S/C17H18Cl2N2O4/c1-20(9-12-4-2-7-16(18)17(12)19)10-14(22)11-25-15-6-3-5-13(8-15)21(23)24/h2-8,14,22H,9-11H2,1H3/t14-/m1/s1. The maximum atomic E-state index is 10.7. The number of nitrogens with zero attached hydrogens (tertiary/aromatic N) is 2. The molecule has 2 aromatic carbocycles. The number of halogens is 2. The van der Waals surface area contributed by atoms with Gasteiger partial charge in [-0.3, -0.25) is 15.0 Å². The van der Waals surface area contributed by atoms with Crippen LogP contribution in [0.15, 0.2) is 42.5 Å². The number of hydrogen-bond donors (Lipinski definition) is 1. The second-order valence-electron chi connectivity index (χ2n) is 5.63. The van der Waals surface area contributed by atoms with Gasteiger partial charge in [-0.2, -0.15) is 0 Å². The molecule has 134 valence electrons. The molecule has 0 fully saturated rings. The number of non-ortho nitro benzene ring substituents is 1. The summed E-state index contributed by atoms with van der Waals surface area (Å²) in [6.45, 7) is 0.889. The average molecular weight is 385 g/mol. The smallest absolute Gasteiger partial charge is 0.273 e. The van der Waals surface area contributed by atoms with Crippen LogP contribution in [0.25, 0.3) is 0 Å². The van der Waals surface area contributed by atoms with Crippen LogP contribution in [0.2, 0.25) is 10.0 Å². The molecule has 2 rings (SSSR count). The number of nitro groups is 1. The number of ether oxygens (including phenoxy) is 1. The van der Waals surface area contributed by atoms with Gasteiger partial charge in [0.25, 0.3) is 5.69 Å². The second-order valence-corrected chi connectivity index (χ2v) is 6.41. The lowest BCUT2D eigenvalue weighted by Crippen LogP contribution is -2.32. The van der Waals surface area contributed by atoms with E-state index in [1.54, 1.807) is 12.1 Å². The lowest BCUT2D eigenvalue weighted by molar-refractivity contribution is -0.384. The van der Waals surface area contributed by atoms with Gasteiger partial charge in [0.2, 0.25) is 0 Å². The number of hydrogen-bond acceptors (Lipinski definition) is 5. The summed E-state index contributed by atoms with van der Waals surface area (Å²) >= 11 is 12.1. The van der Waals surface area contributed by atoms with Crippen LogP contribution in [0.1, 0.15) is 5.56 Å². The van der Waals surface area contributed by atoms with Crippen LogP contribution in [-0.2, 0) is 6.54 Å². The Balaban J connectivity index is 1.85. The van der Waals surface area contributed by atoms with E-state index in [4.69, 9.17) is 27.9 Å². The molecule has 0 radical (unpaired) electrons. The van der Waals surface area contributed by atoms with Crippen LogP contribution in [0.5, 0.6) is 5.75 Å². The fraction of sp³-hybridized carbons (Fsp3) is 0.294. The van der Waals surface area contributed by atoms with Crippen molar-refractivity contribution in [2.24, 2.45) is 0 Å². The van der Waals surface area contributed by atoms with Crippen molar-refractivity contribution in [3.8, 4) is 5.75 Å². The Morgan fingerprint density at radius 1 is 1.28 bits per heavy atom. The summed E-state index contributed by atoms with van der Waals surface area (Å²) in [5.74, 6) is 0.341. The molecular weight excluding hydrogens is 367 g/mol. The van der Waals surface area contributed by atoms with E-state index in [1.807, 2.05) is 24.1 Å². The van der Waals surface area contributed by atoms with Gasteiger partial charge in [-0.25, -0.2) is 0 Å². The highest BCUT2D eigenvalue weighted by atomic mass is 35.5. The lowest BCUT2D eigenvalue weighted by Gasteiger charge is -2.21. The molecule has 0 saturated carbocycles.